The Hall–Kier alpha value is -2.39. The molecule has 0 bridgehead atoms. The van der Waals surface area contributed by atoms with Crippen LogP contribution in [0.25, 0.3) is 17.1 Å². The molecule has 1 fully saturated rings. The molecule has 0 amide bonds. The quantitative estimate of drug-likeness (QED) is 0.740. The molecule has 1 saturated carbocycles. The van der Waals surface area contributed by atoms with E-state index in [4.69, 9.17) is 21.9 Å². The lowest BCUT2D eigenvalue weighted by atomic mass is 9.77. The molecule has 0 saturated heterocycles. The fraction of sp³-hybridized carbons (Fsp3) is 0.312. The van der Waals surface area contributed by atoms with Gasteiger partial charge in [0, 0.05) is 5.02 Å². The van der Waals surface area contributed by atoms with Crippen LogP contribution in [0.4, 0.5) is 13.2 Å². The normalized spacial score (nSPS) is 16.5. The number of hydrogen-bond donors (Lipinski definition) is 1. The Morgan fingerprint density at radius 2 is 1.88 bits per heavy atom. The zero-order chi connectivity index (χ0) is 18.5. The number of halogens is 4. The highest BCUT2D eigenvalue weighted by Gasteiger charge is 2.42. The average molecular weight is 384 g/mol. The smallest absolute Gasteiger partial charge is 0.334 e. The van der Waals surface area contributed by atoms with Crippen molar-refractivity contribution in [1.29, 1.82) is 0 Å². The lowest BCUT2D eigenvalue weighted by Gasteiger charge is -2.34. The molecular weight excluding hydrogens is 371 g/mol. The Kier molecular flexibility index (Phi) is 3.81. The third-order valence-corrected chi connectivity index (χ3v) is 4.71. The molecule has 0 atom stereocenters. The van der Waals surface area contributed by atoms with Gasteiger partial charge < -0.3 is 10.3 Å². The van der Waals surface area contributed by atoms with E-state index in [-0.39, 0.29) is 23.0 Å². The summed E-state index contributed by atoms with van der Waals surface area (Å²) in [5, 5.41) is 8.04. The third kappa shape index (κ3) is 2.77. The third-order valence-electron chi connectivity index (χ3n) is 4.46. The summed E-state index contributed by atoms with van der Waals surface area (Å²) in [5.41, 5.74) is 4.29. The van der Waals surface area contributed by atoms with Crippen molar-refractivity contribution in [2.45, 2.75) is 31.0 Å². The SMILES string of the molecule is NC1(c2noc(-c3cnn(-c4ccc(Cl)cc4)c3C(F)(F)F)n2)CCC1. The summed E-state index contributed by atoms with van der Waals surface area (Å²) >= 11 is 5.80. The monoisotopic (exact) mass is 383 g/mol. The second kappa shape index (κ2) is 5.82. The van der Waals surface area contributed by atoms with Crippen LogP contribution in [-0.2, 0) is 11.7 Å². The van der Waals surface area contributed by atoms with E-state index in [1.807, 2.05) is 0 Å². The molecule has 136 valence electrons. The summed E-state index contributed by atoms with van der Waals surface area (Å²) in [6.45, 7) is 0. The molecule has 1 aliphatic carbocycles. The maximum atomic E-state index is 13.7. The number of rotatable bonds is 3. The maximum Gasteiger partial charge on any atom is 0.434 e. The van der Waals surface area contributed by atoms with Gasteiger partial charge in [-0.25, -0.2) is 4.68 Å². The number of nitrogens with two attached hydrogens (primary N) is 1. The first-order chi connectivity index (χ1) is 12.3. The zero-order valence-corrected chi connectivity index (χ0v) is 14.1. The van der Waals surface area contributed by atoms with E-state index >= 15 is 0 Å². The molecule has 2 N–H and O–H groups in total. The number of nitrogens with zero attached hydrogens (tertiary/aromatic N) is 4. The zero-order valence-electron chi connectivity index (χ0n) is 13.3. The predicted octanol–water partition coefficient (Wildman–Crippen LogP) is 3.93. The molecule has 1 aliphatic rings. The molecule has 3 aromatic rings. The second-order valence-electron chi connectivity index (χ2n) is 6.23. The van der Waals surface area contributed by atoms with Gasteiger partial charge in [-0.1, -0.05) is 16.8 Å². The highest BCUT2D eigenvalue weighted by molar-refractivity contribution is 6.30. The Morgan fingerprint density at radius 3 is 2.46 bits per heavy atom. The lowest BCUT2D eigenvalue weighted by molar-refractivity contribution is -0.142. The summed E-state index contributed by atoms with van der Waals surface area (Å²) in [4.78, 5) is 4.09. The molecule has 1 aromatic carbocycles. The maximum absolute atomic E-state index is 13.7. The molecule has 2 aromatic heterocycles. The van der Waals surface area contributed by atoms with E-state index in [0.29, 0.717) is 17.9 Å². The van der Waals surface area contributed by atoms with Crippen LogP contribution < -0.4 is 5.73 Å². The fourth-order valence-corrected chi connectivity index (χ4v) is 3.00. The second-order valence-corrected chi connectivity index (χ2v) is 6.66. The lowest BCUT2D eigenvalue weighted by Crippen LogP contribution is -2.44. The number of benzene rings is 1. The van der Waals surface area contributed by atoms with Crippen LogP contribution in [0.1, 0.15) is 30.8 Å². The van der Waals surface area contributed by atoms with Crippen LogP contribution in [0.5, 0.6) is 0 Å². The van der Waals surface area contributed by atoms with Gasteiger partial charge in [-0.3, -0.25) is 0 Å². The average Bonchev–Trinajstić information content (AvgIpc) is 3.19. The first-order valence-electron chi connectivity index (χ1n) is 7.82. The van der Waals surface area contributed by atoms with E-state index < -0.39 is 17.4 Å². The Morgan fingerprint density at radius 1 is 1.19 bits per heavy atom. The van der Waals surface area contributed by atoms with E-state index in [2.05, 4.69) is 15.2 Å². The van der Waals surface area contributed by atoms with Gasteiger partial charge in [0.15, 0.2) is 11.5 Å². The van der Waals surface area contributed by atoms with Gasteiger partial charge in [0.2, 0.25) is 0 Å². The molecule has 0 aliphatic heterocycles. The first kappa shape index (κ1) is 17.0. The van der Waals surface area contributed by atoms with Gasteiger partial charge in [0.05, 0.1) is 23.0 Å². The summed E-state index contributed by atoms with van der Waals surface area (Å²) in [7, 11) is 0. The van der Waals surface area contributed by atoms with Crippen molar-refractivity contribution in [3.63, 3.8) is 0 Å². The summed E-state index contributed by atoms with van der Waals surface area (Å²) in [6, 6.07) is 5.85. The molecular formula is C16H13ClF3N5O. The van der Waals surface area contributed by atoms with Crippen molar-refractivity contribution >= 4 is 11.6 Å². The minimum absolute atomic E-state index is 0.210. The van der Waals surface area contributed by atoms with E-state index in [0.717, 1.165) is 17.3 Å². The standard InChI is InChI=1S/C16H13ClF3N5O/c17-9-2-4-10(5-3-9)25-12(16(18,19)20)11(8-22-25)13-23-14(24-26-13)15(21)6-1-7-15/h2-5,8H,1,6-7,21H2. The van der Waals surface area contributed by atoms with Crippen LogP contribution in [0.3, 0.4) is 0 Å². The van der Waals surface area contributed by atoms with Crippen molar-refractivity contribution in [2.24, 2.45) is 5.73 Å². The highest BCUT2D eigenvalue weighted by atomic mass is 35.5. The van der Waals surface area contributed by atoms with Gasteiger partial charge in [-0.15, -0.1) is 0 Å². The Bertz CT molecular complexity index is 944. The van der Waals surface area contributed by atoms with Crippen LogP contribution in [-0.4, -0.2) is 19.9 Å². The molecule has 2 heterocycles. The van der Waals surface area contributed by atoms with E-state index in [1.165, 1.54) is 24.3 Å². The summed E-state index contributed by atoms with van der Waals surface area (Å²) in [6.07, 6.45) is -1.37. The van der Waals surface area contributed by atoms with Gasteiger partial charge >= 0.3 is 6.18 Å². The van der Waals surface area contributed by atoms with Crippen LogP contribution in [0.15, 0.2) is 35.0 Å². The molecule has 0 unspecified atom stereocenters. The van der Waals surface area contributed by atoms with Crippen molar-refractivity contribution in [3.05, 3.63) is 47.0 Å². The molecule has 0 spiro atoms. The Labute approximate surface area is 150 Å². The predicted molar refractivity (Wildman–Crippen MR) is 86.6 cm³/mol. The van der Waals surface area contributed by atoms with Crippen molar-refractivity contribution in [3.8, 4) is 17.1 Å². The van der Waals surface area contributed by atoms with Crippen molar-refractivity contribution in [2.75, 3.05) is 0 Å². The topological polar surface area (TPSA) is 82.8 Å². The minimum Gasteiger partial charge on any atom is -0.334 e. The van der Waals surface area contributed by atoms with Gasteiger partial charge in [-0.2, -0.15) is 23.3 Å². The van der Waals surface area contributed by atoms with Crippen LogP contribution >= 0.6 is 11.6 Å². The molecule has 10 heteroatoms. The summed E-state index contributed by atoms with van der Waals surface area (Å²) < 4.78 is 47.0. The highest BCUT2D eigenvalue weighted by Crippen LogP contribution is 2.40. The summed E-state index contributed by atoms with van der Waals surface area (Å²) in [5.74, 6) is -0.0459. The van der Waals surface area contributed by atoms with Crippen LogP contribution in [0, 0.1) is 0 Å². The fourth-order valence-electron chi connectivity index (χ4n) is 2.87. The van der Waals surface area contributed by atoms with Crippen molar-refractivity contribution < 1.29 is 17.7 Å². The number of hydrogen-bond acceptors (Lipinski definition) is 5. The van der Waals surface area contributed by atoms with Gasteiger partial charge in [-0.05, 0) is 43.5 Å². The first-order valence-corrected chi connectivity index (χ1v) is 8.20. The van der Waals surface area contributed by atoms with E-state index in [9.17, 15) is 13.2 Å². The van der Waals surface area contributed by atoms with E-state index in [1.54, 1.807) is 0 Å². The molecule has 4 rings (SSSR count). The largest absolute Gasteiger partial charge is 0.434 e. The number of aromatic nitrogens is 4. The van der Waals surface area contributed by atoms with Gasteiger partial charge in [0.25, 0.3) is 5.89 Å². The number of alkyl halides is 3. The Balaban J connectivity index is 1.81. The molecule has 0 radical (unpaired) electrons. The van der Waals surface area contributed by atoms with Gasteiger partial charge in [0.1, 0.15) is 0 Å². The molecule has 26 heavy (non-hydrogen) atoms. The molecule has 6 nitrogen and oxygen atoms in total. The van der Waals surface area contributed by atoms with Crippen molar-refractivity contribution in [1.82, 2.24) is 19.9 Å². The minimum atomic E-state index is -4.68. The van der Waals surface area contributed by atoms with Crippen LogP contribution in [0.2, 0.25) is 5.02 Å².